The molecular weight excluding hydrogens is 254 g/mol. The number of carbonyl (C=O) groups is 1. The van der Waals surface area contributed by atoms with Crippen LogP contribution in [-0.4, -0.2) is 26.1 Å². The highest BCUT2D eigenvalue weighted by Crippen LogP contribution is 2.28. The van der Waals surface area contributed by atoms with E-state index >= 15 is 0 Å². The van der Waals surface area contributed by atoms with E-state index in [1.165, 1.54) is 18.2 Å². The second-order valence-electron chi connectivity index (χ2n) is 3.10. The molecule has 0 fully saturated rings. The Morgan fingerprint density at radius 2 is 2.24 bits per heavy atom. The van der Waals surface area contributed by atoms with Crippen LogP contribution in [0.4, 0.5) is 14.5 Å². The van der Waals surface area contributed by atoms with E-state index in [-0.39, 0.29) is 23.2 Å². The van der Waals surface area contributed by atoms with Crippen molar-refractivity contribution in [1.82, 2.24) is 5.32 Å². The number of alkyl halides is 2. The van der Waals surface area contributed by atoms with Gasteiger partial charge in [0.1, 0.15) is 5.75 Å². The number of amides is 1. The van der Waals surface area contributed by atoms with Gasteiger partial charge in [0.05, 0.1) is 11.6 Å². The Balaban J connectivity index is 2.71. The van der Waals surface area contributed by atoms with Gasteiger partial charge in [-0.25, -0.2) is 0 Å². The quantitative estimate of drug-likeness (QED) is 0.856. The molecular formula is C10H11ClF2N2O2. The number of anilines is 1. The first-order chi connectivity index (χ1) is 8.02. The Bertz CT molecular complexity index is 402. The van der Waals surface area contributed by atoms with Crippen LogP contribution in [0, 0.1) is 0 Å². The van der Waals surface area contributed by atoms with Gasteiger partial charge in [-0.2, -0.15) is 8.78 Å². The Hall–Kier alpha value is -1.40. The van der Waals surface area contributed by atoms with Crippen LogP contribution in [0.1, 0.15) is 0 Å². The summed E-state index contributed by atoms with van der Waals surface area (Å²) in [5, 5.41) is 5.21. The molecule has 0 saturated carbocycles. The topological polar surface area (TPSA) is 50.4 Å². The number of likely N-dealkylation sites (N-methyl/N-ethyl adjacent to an activating group) is 1. The third-order valence-electron chi connectivity index (χ3n) is 1.77. The van der Waals surface area contributed by atoms with Gasteiger partial charge < -0.3 is 15.4 Å². The zero-order chi connectivity index (χ0) is 12.8. The van der Waals surface area contributed by atoms with E-state index in [9.17, 15) is 13.6 Å². The average molecular weight is 265 g/mol. The lowest BCUT2D eigenvalue weighted by Crippen LogP contribution is -2.25. The minimum Gasteiger partial charge on any atom is -0.433 e. The molecule has 0 aromatic heterocycles. The smallest absolute Gasteiger partial charge is 0.387 e. The molecule has 0 aliphatic rings. The summed E-state index contributed by atoms with van der Waals surface area (Å²) in [6, 6.07) is 4.04. The number of ether oxygens (including phenoxy) is 1. The molecule has 1 aromatic carbocycles. The fraction of sp³-hybridized carbons (Fsp3) is 0.300. The van der Waals surface area contributed by atoms with Gasteiger partial charge in [-0.15, -0.1) is 0 Å². The minimum absolute atomic E-state index is 0.00700. The number of hydrogen-bond acceptors (Lipinski definition) is 3. The summed E-state index contributed by atoms with van der Waals surface area (Å²) in [4.78, 5) is 11.2. The van der Waals surface area contributed by atoms with Gasteiger partial charge in [0.15, 0.2) is 0 Å². The van der Waals surface area contributed by atoms with E-state index in [0.29, 0.717) is 5.69 Å². The lowest BCUT2D eigenvalue weighted by molar-refractivity contribution is -0.115. The maximum absolute atomic E-state index is 12.0. The van der Waals surface area contributed by atoms with Crippen molar-refractivity contribution >= 4 is 23.2 Å². The number of hydrogen-bond donors (Lipinski definition) is 2. The highest BCUT2D eigenvalue weighted by molar-refractivity contribution is 6.32. The highest BCUT2D eigenvalue weighted by atomic mass is 35.5. The molecule has 0 radical (unpaired) electrons. The van der Waals surface area contributed by atoms with E-state index in [1.807, 2.05) is 0 Å². The molecule has 0 saturated heterocycles. The van der Waals surface area contributed by atoms with Crippen molar-refractivity contribution in [3.63, 3.8) is 0 Å². The zero-order valence-electron chi connectivity index (χ0n) is 8.97. The fourth-order valence-corrected chi connectivity index (χ4v) is 1.36. The number of benzene rings is 1. The Kier molecular flexibility index (Phi) is 5.11. The first-order valence-electron chi connectivity index (χ1n) is 4.71. The van der Waals surface area contributed by atoms with Crippen LogP contribution in [0.2, 0.25) is 5.02 Å². The summed E-state index contributed by atoms with van der Waals surface area (Å²) in [5.74, 6) is -0.389. The molecule has 0 bridgehead atoms. The molecule has 0 atom stereocenters. The first-order valence-corrected chi connectivity index (χ1v) is 5.09. The van der Waals surface area contributed by atoms with E-state index in [4.69, 9.17) is 11.6 Å². The third kappa shape index (κ3) is 4.54. The number of carbonyl (C=O) groups excluding carboxylic acids is 1. The van der Waals surface area contributed by atoms with Crippen LogP contribution >= 0.6 is 11.6 Å². The lowest BCUT2D eigenvalue weighted by atomic mass is 10.3. The average Bonchev–Trinajstić information content (AvgIpc) is 2.22. The number of nitrogens with one attached hydrogen (secondary N) is 2. The van der Waals surface area contributed by atoms with Crippen LogP contribution in [0.5, 0.6) is 5.75 Å². The molecule has 1 rings (SSSR count). The van der Waals surface area contributed by atoms with Crippen molar-refractivity contribution in [1.29, 1.82) is 0 Å². The minimum atomic E-state index is -2.93. The van der Waals surface area contributed by atoms with Gasteiger partial charge in [0.25, 0.3) is 0 Å². The van der Waals surface area contributed by atoms with Crippen molar-refractivity contribution < 1.29 is 18.3 Å². The Morgan fingerprint density at radius 1 is 1.53 bits per heavy atom. The third-order valence-corrected chi connectivity index (χ3v) is 2.06. The fourth-order valence-electron chi connectivity index (χ4n) is 1.14. The molecule has 7 heteroatoms. The van der Waals surface area contributed by atoms with E-state index in [0.717, 1.165) is 0 Å². The second-order valence-corrected chi connectivity index (χ2v) is 3.51. The van der Waals surface area contributed by atoms with Crippen LogP contribution in [-0.2, 0) is 4.79 Å². The summed E-state index contributed by atoms with van der Waals surface area (Å²) in [7, 11) is 1.63. The SMILES string of the molecule is CNCC(=O)Nc1ccc(OC(F)F)c(Cl)c1. The summed E-state index contributed by atoms with van der Waals surface area (Å²) >= 11 is 5.71. The molecule has 0 aliphatic carbocycles. The highest BCUT2D eigenvalue weighted by Gasteiger charge is 2.09. The van der Waals surface area contributed by atoms with Crippen molar-refractivity contribution in [2.45, 2.75) is 6.61 Å². The van der Waals surface area contributed by atoms with Crippen molar-refractivity contribution in [2.24, 2.45) is 0 Å². The summed E-state index contributed by atoms with van der Waals surface area (Å²) in [6.07, 6.45) is 0. The van der Waals surface area contributed by atoms with Gasteiger partial charge in [-0.1, -0.05) is 11.6 Å². The maximum Gasteiger partial charge on any atom is 0.387 e. The second kappa shape index (κ2) is 6.36. The molecule has 0 unspecified atom stereocenters. The van der Waals surface area contributed by atoms with Gasteiger partial charge in [0.2, 0.25) is 5.91 Å². The number of rotatable bonds is 5. The van der Waals surface area contributed by atoms with Gasteiger partial charge in [0, 0.05) is 5.69 Å². The molecule has 94 valence electrons. The van der Waals surface area contributed by atoms with Crippen molar-refractivity contribution in [2.75, 3.05) is 18.9 Å². The largest absolute Gasteiger partial charge is 0.433 e. The Labute approximate surface area is 102 Å². The predicted octanol–water partition coefficient (Wildman–Crippen LogP) is 2.10. The summed E-state index contributed by atoms with van der Waals surface area (Å²) in [5.41, 5.74) is 0.414. The first kappa shape index (κ1) is 13.7. The van der Waals surface area contributed by atoms with Crippen molar-refractivity contribution in [3.8, 4) is 5.75 Å². The summed E-state index contributed by atoms with van der Waals surface area (Å²) in [6.45, 7) is -2.79. The zero-order valence-corrected chi connectivity index (χ0v) is 9.72. The lowest BCUT2D eigenvalue weighted by Gasteiger charge is -2.09. The van der Waals surface area contributed by atoms with Gasteiger partial charge in [-0.3, -0.25) is 4.79 Å². The van der Waals surface area contributed by atoms with E-state index < -0.39 is 6.61 Å². The molecule has 17 heavy (non-hydrogen) atoms. The molecule has 2 N–H and O–H groups in total. The standard InChI is InChI=1S/C10H11ClF2N2O2/c1-14-5-9(16)15-6-2-3-8(7(11)4-6)17-10(12)13/h2-4,10,14H,5H2,1H3,(H,15,16). The van der Waals surface area contributed by atoms with Crippen LogP contribution < -0.4 is 15.4 Å². The Morgan fingerprint density at radius 3 is 2.76 bits per heavy atom. The van der Waals surface area contributed by atoms with Crippen molar-refractivity contribution in [3.05, 3.63) is 23.2 Å². The van der Waals surface area contributed by atoms with Gasteiger partial charge >= 0.3 is 6.61 Å². The molecule has 0 heterocycles. The van der Waals surface area contributed by atoms with Crippen LogP contribution in [0.15, 0.2) is 18.2 Å². The van der Waals surface area contributed by atoms with E-state index in [2.05, 4.69) is 15.4 Å². The maximum atomic E-state index is 12.0. The normalized spacial score (nSPS) is 10.4. The molecule has 1 amide bonds. The van der Waals surface area contributed by atoms with Crippen LogP contribution in [0.25, 0.3) is 0 Å². The monoisotopic (exact) mass is 264 g/mol. The predicted molar refractivity (Wildman–Crippen MR) is 60.6 cm³/mol. The van der Waals surface area contributed by atoms with Crippen LogP contribution in [0.3, 0.4) is 0 Å². The van der Waals surface area contributed by atoms with E-state index in [1.54, 1.807) is 7.05 Å². The number of halogens is 3. The van der Waals surface area contributed by atoms with Gasteiger partial charge in [-0.05, 0) is 25.2 Å². The molecule has 0 spiro atoms. The molecule has 0 aliphatic heterocycles. The molecule has 4 nitrogen and oxygen atoms in total. The molecule has 1 aromatic rings. The summed E-state index contributed by atoms with van der Waals surface area (Å²) < 4.78 is 28.1.